The molecule has 11 nitrogen and oxygen atoms in total. The Hall–Kier alpha value is -2.69. The first-order valence-electron chi connectivity index (χ1n) is 8.57. The number of hydrogen-bond donors (Lipinski definition) is 6. The molecule has 4 atom stereocenters. The minimum Gasteiger partial charge on any atom is -0.481 e. The van der Waals surface area contributed by atoms with Gasteiger partial charge in [0.1, 0.15) is 18.6 Å². The SMILES string of the molecule is CCC(C)C(N)C(=O)NC(C)C(=O)NC(CCC(=O)O)C(=O)NCC(=O)O. The van der Waals surface area contributed by atoms with Crippen LogP contribution in [0.2, 0.25) is 0 Å². The van der Waals surface area contributed by atoms with E-state index in [0.29, 0.717) is 6.42 Å². The number of carbonyl (C=O) groups excluding carboxylic acids is 3. The Balaban J connectivity index is 4.88. The number of amides is 3. The number of aliphatic carboxylic acids is 2. The lowest BCUT2D eigenvalue weighted by atomic mass is 9.99. The van der Waals surface area contributed by atoms with Gasteiger partial charge in [0.05, 0.1) is 6.04 Å². The molecule has 27 heavy (non-hydrogen) atoms. The Labute approximate surface area is 157 Å². The molecule has 0 fully saturated rings. The highest BCUT2D eigenvalue weighted by Gasteiger charge is 2.27. The van der Waals surface area contributed by atoms with Gasteiger partial charge in [0.2, 0.25) is 17.7 Å². The molecule has 0 rings (SSSR count). The molecule has 0 aromatic carbocycles. The van der Waals surface area contributed by atoms with Gasteiger partial charge in [-0.05, 0) is 19.3 Å². The Morgan fingerprint density at radius 3 is 2.00 bits per heavy atom. The average molecular weight is 388 g/mol. The van der Waals surface area contributed by atoms with Crippen LogP contribution in [-0.2, 0) is 24.0 Å². The standard InChI is InChI=1S/C16H28N4O7/c1-4-8(2)13(17)16(27)19-9(3)14(25)20-10(5-6-11(21)22)15(26)18-7-12(23)24/h8-10,13H,4-7,17H2,1-3H3,(H,18,26)(H,19,27)(H,20,25)(H,21,22)(H,23,24). The summed E-state index contributed by atoms with van der Waals surface area (Å²) in [6, 6.07) is -3.07. The van der Waals surface area contributed by atoms with Crippen LogP contribution in [0.5, 0.6) is 0 Å². The third kappa shape index (κ3) is 9.54. The van der Waals surface area contributed by atoms with Crippen molar-refractivity contribution in [2.45, 2.75) is 58.2 Å². The Kier molecular flexibility index (Phi) is 10.7. The summed E-state index contributed by atoms with van der Waals surface area (Å²) in [5.74, 6) is -4.63. The van der Waals surface area contributed by atoms with Gasteiger partial charge in [-0.15, -0.1) is 0 Å². The van der Waals surface area contributed by atoms with E-state index < -0.39 is 60.8 Å². The monoisotopic (exact) mass is 388 g/mol. The zero-order valence-corrected chi connectivity index (χ0v) is 15.7. The van der Waals surface area contributed by atoms with Crippen LogP contribution in [0, 0.1) is 5.92 Å². The predicted molar refractivity (Wildman–Crippen MR) is 94.5 cm³/mol. The molecular formula is C16H28N4O7. The van der Waals surface area contributed by atoms with Crippen molar-refractivity contribution in [3.63, 3.8) is 0 Å². The number of carboxylic acids is 2. The highest BCUT2D eigenvalue weighted by molar-refractivity contribution is 5.93. The Bertz CT molecular complexity index is 567. The molecule has 0 spiro atoms. The summed E-state index contributed by atoms with van der Waals surface area (Å²) in [6.45, 7) is 4.38. The lowest BCUT2D eigenvalue weighted by molar-refractivity contribution is -0.140. The summed E-state index contributed by atoms with van der Waals surface area (Å²) in [5.41, 5.74) is 5.79. The first kappa shape index (κ1) is 24.3. The minimum atomic E-state index is -1.29. The second-order valence-electron chi connectivity index (χ2n) is 6.25. The molecule has 0 bridgehead atoms. The van der Waals surface area contributed by atoms with Crippen LogP contribution < -0.4 is 21.7 Å². The van der Waals surface area contributed by atoms with Crippen molar-refractivity contribution in [2.75, 3.05) is 6.54 Å². The molecule has 0 saturated heterocycles. The van der Waals surface area contributed by atoms with E-state index in [9.17, 15) is 24.0 Å². The highest BCUT2D eigenvalue weighted by atomic mass is 16.4. The molecule has 3 amide bonds. The van der Waals surface area contributed by atoms with Gasteiger partial charge in [0.25, 0.3) is 0 Å². The van der Waals surface area contributed by atoms with Crippen LogP contribution in [0.4, 0.5) is 0 Å². The number of nitrogens with two attached hydrogens (primary N) is 1. The summed E-state index contributed by atoms with van der Waals surface area (Å²) < 4.78 is 0. The molecule has 0 saturated carbocycles. The van der Waals surface area contributed by atoms with Crippen molar-refractivity contribution in [1.29, 1.82) is 0 Å². The van der Waals surface area contributed by atoms with E-state index in [1.165, 1.54) is 6.92 Å². The van der Waals surface area contributed by atoms with E-state index in [1.807, 2.05) is 6.92 Å². The first-order chi connectivity index (χ1) is 12.5. The normalized spacial score (nSPS) is 15.0. The zero-order valence-electron chi connectivity index (χ0n) is 15.7. The summed E-state index contributed by atoms with van der Waals surface area (Å²) in [6.07, 6.45) is 0.0286. The molecule has 0 aliphatic heterocycles. The van der Waals surface area contributed by atoms with Crippen LogP contribution in [0.15, 0.2) is 0 Å². The van der Waals surface area contributed by atoms with Crippen molar-refractivity contribution < 1.29 is 34.2 Å². The van der Waals surface area contributed by atoms with Crippen molar-refractivity contribution in [3.8, 4) is 0 Å². The third-order valence-electron chi connectivity index (χ3n) is 4.01. The molecule has 0 aromatic heterocycles. The first-order valence-corrected chi connectivity index (χ1v) is 8.57. The Morgan fingerprint density at radius 1 is 0.926 bits per heavy atom. The van der Waals surface area contributed by atoms with Gasteiger partial charge in [0.15, 0.2) is 0 Å². The van der Waals surface area contributed by atoms with Gasteiger partial charge in [-0.25, -0.2) is 0 Å². The fraction of sp³-hybridized carbons (Fsp3) is 0.688. The van der Waals surface area contributed by atoms with Crippen LogP contribution >= 0.6 is 0 Å². The van der Waals surface area contributed by atoms with Crippen LogP contribution in [0.25, 0.3) is 0 Å². The fourth-order valence-electron chi connectivity index (χ4n) is 2.01. The van der Waals surface area contributed by atoms with Crippen LogP contribution in [0.1, 0.15) is 40.0 Å². The smallest absolute Gasteiger partial charge is 0.322 e. The molecule has 0 radical (unpaired) electrons. The fourth-order valence-corrected chi connectivity index (χ4v) is 2.01. The van der Waals surface area contributed by atoms with Gasteiger partial charge >= 0.3 is 11.9 Å². The van der Waals surface area contributed by atoms with Crippen LogP contribution in [-0.4, -0.2) is 64.5 Å². The quantitative estimate of drug-likeness (QED) is 0.231. The predicted octanol–water partition coefficient (Wildman–Crippen LogP) is -1.59. The van der Waals surface area contributed by atoms with E-state index in [2.05, 4.69) is 16.0 Å². The van der Waals surface area contributed by atoms with Gasteiger partial charge in [0, 0.05) is 6.42 Å². The van der Waals surface area contributed by atoms with Crippen molar-refractivity contribution in [1.82, 2.24) is 16.0 Å². The lowest BCUT2D eigenvalue weighted by Gasteiger charge is -2.23. The van der Waals surface area contributed by atoms with Crippen molar-refractivity contribution >= 4 is 29.7 Å². The number of carbonyl (C=O) groups is 5. The largest absolute Gasteiger partial charge is 0.481 e. The average Bonchev–Trinajstić information content (AvgIpc) is 2.60. The topological polar surface area (TPSA) is 188 Å². The van der Waals surface area contributed by atoms with E-state index in [4.69, 9.17) is 15.9 Å². The Morgan fingerprint density at radius 2 is 1.52 bits per heavy atom. The maximum atomic E-state index is 12.2. The second kappa shape index (κ2) is 11.8. The highest BCUT2D eigenvalue weighted by Crippen LogP contribution is 2.05. The molecule has 0 aliphatic rings. The van der Waals surface area contributed by atoms with Crippen LogP contribution in [0.3, 0.4) is 0 Å². The summed E-state index contributed by atoms with van der Waals surface area (Å²) in [4.78, 5) is 57.5. The molecule has 0 heterocycles. The van der Waals surface area contributed by atoms with E-state index in [-0.39, 0.29) is 12.3 Å². The number of rotatable bonds is 12. The lowest BCUT2D eigenvalue weighted by Crippen LogP contribution is -2.55. The van der Waals surface area contributed by atoms with E-state index in [0.717, 1.165) is 0 Å². The third-order valence-corrected chi connectivity index (χ3v) is 4.01. The van der Waals surface area contributed by atoms with Gasteiger partial charge in [-0.3, -0.25) is 24.0 Å². The second-order valence-corrected chi connectivity index (χ2v) is 6.25. The van der Waals surface area contributed by atoms with E-state index >= 15 is 0 Å². The summed E-state index contributed by atoms with van der Waals surface area (Å²) in [7, 11) is 0. The number of hydrogen-bond acceptors (Lipinski definition) is 6. The van der Waals surface area contributed by atoms with Gasteiger partial charge in [-0.1, -0.05) is 20.3 Å². The molecule has 154 valence electrons. The minimum absolute atomic E-state index is 0.0922. The number of nitrogens with one attached hydrogen (secondary N) is 3. The van der Waals surface area contributed by atoms with Gasteiger partial charge in [-0.2, -0.15) is 0 Å². The molecular weight excluding hydrogens is 360 g/mol. The summed E-state index contributed by atoms with van der Waals surface area (Å²) in [5, 5.41) is 24.2. The molecule has 4 unspecified atom stereocenters. The maximum Gasteiger partial charge on any atom is 0.322 e. The van der Waals surface area contributed by atoms with Crippen molar-refractivity contribution in [2.24, 2.45) is 11.7 Å². The molecule has 0 aliphatic carbocycles. The van der Waals surface area contributed by atoms with E-state index in [1.54, 1.807) is 6.92 Å². The molecule has 0 aromatic rings. The number of carboxylic acid groups (broad SMARTS) is 2. The maximum absolute atomic E-state index is 12.2. The molecule has 7 N–H and O–H groups in total. The van der Waals surface area contributed by atoms with Crippen molar-refractivity contribution in [3.05, 3.63) is 0 Å². The summed E-state index contributed by atoms with van der Waals surface area (Å²) >= 11 is 0. The zero-order chi connectivity index (χ0) is 21.1. The molecule has 11 heteroatoms. The van der Waals surface area contributed by atoms with Gasteiger partial charge < -0.3 is 31.9 Å².